The molecule has 2 heterocycles. The van der Waals surface area contributed by atoms with E-state index in [4.69, 9.17) is 5.14 Å². The maximum Gasteiger partial charge on any atom is 0.238 e. The first-order valence-electron chi connectivity index (χ1n) is 6.42. The van der Waals surface area contributed by atoms with Gasteiger partial charge in [-0.15, -0.1) is 0 Å². The Balaban J connectivity index is 1.85. The number of rotatable bonds is 3. The van der Waals surface area contributed by atoms with Gasteiger partial charge in [-0.05, 0) is 52.6 Å². The topological polar surface area (TPSA) is 80.5 Å². The standard InChI is InChI=1S/C14H14N2O3S2/c15-21(18,19)12-1-2-13-11(8-12)3-5-16(13)14(17)7-10-4-6-20-9-10/h1-2,4,6,8-9H,3,5,7H2,(H2,15,18,19). The van der Waals surface area contributed by atoms with Gasteiger partial charge in [-0.25, -0.2) is 13.6 Å². The van der Waals surface area contributed by atoms with E-state index in [-0.39, 0.29) is 10.8 Å². The number of carbonyl (C=O) groups excluding carboxylic acids is 1. The lowest BCUT2D eigenvalue weighted by Gasteiger charge is -2.17. The number of fused-ring (bicyclic) bond motifs is 1. The number of amides is 1. The Morgan fingerprint density at radius 1 is 1.33 bits per heavy atom. The summed E-state index contributed by atoms with van der Waals surface area (Å²) in [6.45, 7) is 0.576. The molecular weight excluding hydrogens is 308 g/mol. The molecular formula is C14H14N2O3S2. The summed E-state index contributed by atoms with van der Waals surface area (Å²) in [7, 11) is -3.71. The molecule has 1 aliphatic heterocycles. The zero-order valence-corrected chi connectivity index (χ0v) is 12.8. The highest BCUT2D eigenvalue weighted by Gasteiger charge is 2.25. The van der Waals surface area contributed by atoms with Crippen LogP contribution in [0, 0.1) is 0 Å². The van der Waals surface area contributed by atoms with Gasteiger partial charge in [-0.2, -0.15) is 11.3 Å². The Kier molecular flexibility index (Phi) is 3.56. The lowest BCUT2D eigenvalue weighted by Crippen LogP contribution is -2.30. The van der Waals surface area contributed by atoms with Gasteiger partial charge < -0.3 is 4.90 Å². The van der Waals surface area contributed by atoms with Crippen molar-refractivity contribution in [3.8, 4) is 0 Å². The molecule has 0 atom stereocenters. The van der Waals surface area contributed by atoms with Crippen molar-refractivity contribution in [3.63, 3.8) is 0 Å². The van der Waals surface area contributed by atoms with E-state index in [0.29, 0.717) is 19.4 Å². The molecule has 0 aliphatic carbocycles. The number of primary sulfonamides is 1. The number of anilines is 1. The molecule has 1 aromatic carbocycles. The van der Waals surface area contributed by atoms with Crippen LogP contribution in [0.1, 0.15) is 11.1 Å². The molecule has 0 saturated carbocycles. The second-order valence-corrected chi connectivity index (χ2v) is 7.28. The van der Waals surface area contributed by atoms with Gasteiger partial charge in [0.25, 0.3) is 0 Å². The molecule has 110 valence electrons. The van der Waals surface area contributed by atoms with Gasteiger partial charge in [0, 0.05) is 12.2 Å². The highest BCUT2D eigenvalue weighted by molar-refractivity contribution is 7.89. The van der Waals surface area contributed by atoms with Crippen LogP contribution in [0.2, 0.25) is 0 Å². The highest BCUT2D eigenvalue weighted by atomic mass is 32.2. The zero-order chi connectivity index (χ0) is 15.0. The monoisotopic (exact) mass is 322 g/mol. The molecule has 7 heteroatoms. The molecule has 3 rings (SSSR count). The van der Waals surface area contributed by atoms with Crippen molar-refractivity contribution in [2.75, 3.05) is 11.4 Å². The van der Waals surface area contributed by atoms with Gasteiger partial charge in [0.1, 0.15) is 0 Å². The SMILES string of the molecule is NS(=O)(=O)c1ccc2c(c1)CCN2C(=O)Cc1ccsc1. The van der Waals surface area contributed by atoms with Crippen molar-refractivity contribution in [1.29, 1.82) is 0 Å². The molecule has 1 aromatic heterocycles. The number of sulfonamides is 1. The highest BCUT2D eigenvalue weighted by Crippen LogP contribution is 2.30. The Bertz CT molecular complexity index is 783. The quantitative estimate of drug-likeness (QED) is 0.930. The van der Waals surface area contributed by atoms with E-state index >= 15 is 0 Å². The number of benzene rings is 1. The Morgan fingerprint density at radius 2 is 2.14 bits per heavy atom. The second kappa shape index (κ2) is 5.25. The van der Waals surface area contributed by atoms with Crippen molar-refractivity contribution in [2.45, 2.75) is 17.7 Å². The van der Waals surface area contributed by atoms with Gasteiger partial charge in [0.05, 0.1) is 11.3 Å². The summed E-state index contributed by atoms with van der Waals surface area (Å²) in [6.07, 6.45) is 1.01. The van der Waals surface area contributed by atoms with E-state index in [9.17, 15) is 13.2 Å². The molecule has 21 heavy (non-hydrogen) atoms. The predicted molar refractivity (Wildman–Crippen MR) is 81.9 cm³/mol. The van der Waals surface area contributed by atoms with Crippen LogP contribution in [0.15, 0.2) is 39.9 Å². The number of hydrogen-bond acceptors (Lipinski definition) is 4. The summed E-state index contributed by atoms with van der Waals surface area (Å²) >= 11 is 1.56. The third-order valence-corrected chi connectivity index (χ3v) is 5.15. The predicted octanol–water partition coefficient (Wildman–Crippen LogP) is 1.53. The molecule has 1 amide bonds. The summed E-state index contributed by atoms with van der Waals surface area (Å²) in [5.74, 6) is 0.0236. The number of nitrogens with zero attached hydrogens (tertiary/aromatic N) is 1. The summed E-state index contributed by atoms with van der Waals surface area (Å²) in [5, 5.41) is 9.03. The molecule has 0 saturated heterocycles. The normalized spacial score (nSPS) is 14.2. The maximum atomic E-state index is 12.3. The molecule has 0 bridgehead atoms. The Morgan fingerprint density at radius 3 is 2.81 bits per heavy atom. The summed E-state index contributed by atoms with van der Waals surface area (Å²) in [4.78, 5) is 14.1. The first-order valence-corrected chi connectivity index (χ1v) is 8.91. The minimum atomic E-state index is -3.71. The zero-order valence-electron chi connectivity index (χ0n) is 11.2. The Labute approximate surface area is 127 Å². The number of hydrogen-bond donors (Lipinski definition) is 1. The third-order valence-electron chi connectivity index (χ3n) is 3.51. The van der Waals surface area contributed by atoms with E-state index in [1.54, 1.807) is 28.4 Å². The van der Waals surface area contributed by atoms with E-state index < -0.39 is 10.0 Å². The molecule has 2 aromatic rings. The van der Waals surface area contributed by atoms with Crippen LogP contribution in [-0.2, 0) is 27.7 Å². The molecule has 2 N–H and O–H groups in total. The third kappa shape index (κ3) is 2.85. The van der Waals surface area contributed by atoms with E-state index in [0.717, 1.165) is 16.8 Å². The van der Waals surface area contributed by atoms with Crippen LogP contribution in [0.25, 0.3) is 0 Å². The minimum Gasteiger partial charge on any atom is -0.312 e. The van der Waals surface area contributed by atoms with Crippen molar-refractivity contribution < 1.29 is 13.2 Å². The lowest BCUT2D eigenvalue weighted by molar-refractivity contribution is -0.117. The molecule has 1 aliphatic rings. The molecule has 0 radical (unpaired) electrons. The minimum absolute atomic E-state index is 0.0236. The van der Waals surface area contributed by atoms with Crippen molar-refractivity contribution in [3.05, 3.63) is 46.2 Å². The smallest absolute Gasteiger partial charge is 0.238 e. The van der Waals surface area contributed by atoms with Crippen LogP contribution in [-0.4, -0.2) is 20.9 Å². The summed E-state index contributed by atoms with van der Waals surface area (Å²) in [5.41, 5.74) is 2.63. The van der Waals surface area contributed by atoms with Crippen molar-refractivity contribution in [2.24, 2.45) is 5.14 Å². The molecule has 5 nitrogen and oxygen atoms in total. The van der Waals surface area contributed by atoms with Crippen molar-refractivity contribution in [1.82, 2.24) is 0 Å². The summed E-state index contributed by atoms with van der Waals surface area (Å²) < 4.78 is 22.7. The molecule has 0 unspecified atom stereocenters. The van der Waals surface area contributed by atoms with Gasteiger partial charge >= 0.3 is 0 Å². The van der Waals surface area contributed by atoms with Crippen LogP contribution in [0.4, 0.5) is 5.69 Å². The Hall–Kier alpha value is -1.70. The fraction of sp³-hybridized carbons (Fsp3) is 0.214. The number of nitrogens with two attached hydrogens (primary N) is 1. The average molecular weight is 322 g/mol. The van der Waals surface area contributed by atoms with E-state index in [1.165, 1.54) is 6.07 Å². The van der Waals surface area contributed by atoms with E-state index in [1.807, 2.05) is 16.8 Å². The number of carbonyl (C=O) groups is 1. The lowest BCUT2D eigenvalue weighted by atomic mass is 10.1. The van der Waals surface area contributed by atoms with Crippen LogP contribution in [0.3, 0.4) is 0 Å². The van der Waals surface area contributed by atoms with Gasteiger partial charge in [0.15, 0.2) is 0 Å². The molecule has 0 spiro atoms. The van der Waals surface area contributed by atoms with Gasteiger partial charge in [-0.1, -0.05) is 0 Å². The van der Waals surface area contributed by atoms with E-state index in [2.05, 4.69) is 0 Å². The first kappa shape index (κ1) is 14.2. The maximum absolute atomic E-state index is 12.3. The number of thiophene rings is 1. The van der Waals surface area contributed by atoms with Gasteiger partial charge in [-0.3, -0.25) is 4.79 Å². The average Bonchev–Trinajstić information content (AvgIpc) is 3.05. The largest absolute Gasteiger partial charge is 0.312 e. The van der Waals surface area contributed by atoms with Crippen LogP contribution < -0.4 is 10.0 Å². The second-order valence-electron chi connectivity index (χ2n) is 4.94. The summed E-state index contributed by atoms with van der Waals surface area (Å²) in [6, 6.07) is 6.60. The van der Waals surface area contributed by atoms with Crippen molar-refractivity contribution >= 4 is 33.0 Å². The fourth-order valence-electron chi connectivity index (χ4n) is 2.48. The fourth-order valence-corrected chi connectivity index (χ4v) is 3.71. The van der Waals surface area contributed by atoms with Crippen LogP contribution in [0.5, 0.6) is 0 Å². The van der Waals surface area contributed by atoms with Crippen LogP contribution >= 0.6 is 11.3 Å². The first-order chi connectivity index (χ1) is 9.95. The van der Waals surface area contributed by atoms with Gasteiger partial charge in [0.2, 0.25) is 15.9 Å². The molecule has 0 fully saturated rings.